The summed E-state index contributed by atoms with van der Waals surface area (Å²) in [5.74, 6) is -0.679. The van der Waals surface area contributed by atoms with Gasteiger partial charge in [-0.15, -0.1) is 0 Å². The molecule has 4 atom stereocenters. The minimum absolute atomic E-state index is 0.0408. The van der Waals surface area contributed by atoms with Crippen LogP contribution in [0.4, 0.5) is 26.3 Å². The molecular weight excluding hydrogens is 314 g/mol. The summed E-state index contributed by atoms with van der Waals surface area (Å²) in [6, 6.07) is -1.02. The number of rotatable bonds is 1. The quantitative estimate of drug-likeness (QED) is 0.742. The molecule has 3 nitrogen and oxygen atoms in total. The number of hydrogen-bond donors (Lipinski definition) is 0. The summed E-state index contributed by atoms with van der Waals surface area (Å²) in [6.07, 6.45) is -12.3. The van der Waals surface area contributed by atoms with Gasteiger partial charge in [0.25, 0.3) is 0 Å². The Morgan fingerprint density at radius 1 is 1.05 bits per heavy atom. The summed E-state index contributed by atoms with van der Waals surface area (Å²) >= 11 is 0. The smallest absolute Gasteiger partial charge is 0.294 e. The summed E-state index contributed by atoms with van der Waals surface area (Å²) in [4.78, 5) is 11.6. The average Bonchev–Trinajstić information content (AvgIpc) is 2.96. The normalized spacial score (nSPS) is 32.4. The first-order chi connectivity index (χ1) is 10.2. The number of nitrogens with zero attached hydrogens (tertiary/aromatic N) is 2. The number of carbonyl (C=O) groups excluding carboxylic acids is 1. The molecule has 1 aromatic heterocycles. The van der Waals surface area contributed by atoms with Gasteiger partial charge < -0.3 is 0 Å². The van der Waals surface area contributed by atoms with E-state index in [-0.39, 0.29) is 18.5 Å². The molecule has 2 aliphatic rings. The van der Waals surface area contributed by atoms with E-state index in [0.717, 1.165) is 4.68 Å². The van der Waals surface area contributed by atoms with Crippen molar-refractivity contribution >= 4 is 5.78 Å². The number of aromatic nitrogens is 2. The van der Waals surface area contributed by atoms with Crippen LogP contribution in [0.1, 0.15) is 47.1 Å². The number of fused-ring (bicyclic) bond motifs is 1. The molecule has 0 aromatic carbocycles. The van der Waals surface area contributed by atoms with Crippen molar-refractivity contribution in [3.05, 3.63) is 17.0 Å². The van der Waals surface area contributed by atoms with Crippen LogP contribution in [0.2, 0.25) is 0 Å². The fraction of sp³-hybridized carbons (Fsp3) is 0.692. The van der Waals surface area contributed by atoms with E-state index < -0.39 is 60.6 Å². The highest BCUT2D eigenvalue weighted by Crippen LogP contribution is 2.41. The van der Waals surface area contributed by atoms with Crippen LogP contribution in [-0.4, -0.2) is 34.1 Å². The molecule has 0 spiro atoms. The van der Waals surface area contributed by atoms with Crippen LogP contribution < -0.4 is 0 Å². The maximum absolute atomic E-state index is 13.5. The van der Waals surface area contributed by atoms with Crippen LogP contribution in [-0.2, 0) is 12.6 Å². The molecule has 0 N–H and O–H groups in total. The molecule has 1 saturated carbocycles. The van der Waals surface area contributed by atoms with Gasteiger partial charge in [0.2, 0.25) is 0 Å². The number of alkyl halides is 6. The summed E-state index contributed by atoms with van der Waals surface area (Å²) < 4.78 is 80.0. The third kappa shape index (κ3) is 2.30. The van der Waals surface area contributed by atoms with Crippen LogP contribution >= 0.6 is 0 Å². The van der Waals surface area contributed by atoms with E-state index in [2.05, 4.69) is 5.10 Å². The summed E-state index contributed by atoms with van der Waals surface area (Å²) in [7, 11) is 0. The van der Waals surface area contributed by atoms with Crippen molar-refractivity contribution in [2.75, 3.05) is 0 Å². The van der Waals surface area contributed by atoms with Crippen molar-refractivity contribution in [1.29, 1.82) is 0 Å². The number of carbonyl (C=O) groups is 1. The van der Waals surface area contributed by atoms with Gasteiger partial charge in [-0.3, -0.25) is 9.48 Å². The predicted molar refractivity (Wildman–Crippen MR) is 62.8 cm³/mol. The van der Waals surface area contributed by atoms with Crippen LogP contribution in [0.25, 0.3) is 0 Å². The van der Waals surface area contributed by atoms with Gasteiger partial charge in [0, 0.05) is 19.3 Å². The molecule has 122 valence electrons. The molecule has 22 heavy (non-hydrogen) atoms. The fourth-order valence-electron chi connectivity index (χ4n) is 3.16. The van der Waals surface area contributed by atoms with Crippen molar-refractivity contribution < 1.29 is 31.1 Å². The van der Waals surface area contributed by atoms with Gasteiger partial charge >= 0.3 is 6.18 Å². The molecule has 2 aliphatic carbocycles. The highest BCUT2D eigenvalue weighted by Gasteiger charge is 2.46. The second-order valence-corrected chi connectivity index (χ2v) is 5.64. The van der Waals surface area contributed by atoms with E-state index in [1.165, 1.54) is 0 Å². The second-order valence-electron chi connectivity index (χ2n) is 5.64. The van der Waals surface area contributed by atoms with Crippen molar-refractivity contribution in [2.24, 2.45) is 0 Å². The molecule has 0 amide bonds. The first-order valence-corrected chi connectivity index (χ1v) is 6.84. The van der Waals surface area contributed by atoms with Gasteiger partial charge in [0.1, 0.15) is 12.3 Å². The van der Waals surface area contributed by atoms with Crippen molar-refractivity contribution in [3.63, 3.8) is 0 Å². The molecule has 1 heterocycles. The fourth-order valence-corrected chi connectivity index (χ4v) is 3.16. The predicted octanol–water partition coefficient (Wildman–Crippen LogP) is 3.38. The van der Waals surface area contributed by atoms with E-state index in [9.17, 15) is 31.1 Å². The molecule has 1 aromatic rings. The topological polar surface area (TPSA) is 34.9 Å². The van der Waals surface area contributed by atoms with Gasteiger partial charge in [-0.25, -0.2) is 13.2 Å². The lowest BCUT2D eigenvalue weighted by Gasteiger charge is -2.31. The zero-order valence-corrected chi connectivity index (χ0v) is 11.2. The molecule has 0 radical (unpaired) electrons. The Morgan fingerprint density at radius 2 is 1.64 bits per heavy atom. The Morgan fingerprint density at radius 3 is 2.18 bits per heavy atom. The van der Waals surface area contributed by atoms with E-state index in [4.69, 9.17) is 0 Å². The zero-order chi connectivity index (χ0) is 16.2. The van der Waals surface area contributed by atoms with Crippen molar-refractivity contribution in [3.8, 4) is 0 Å². The van der Waals surface area contributed by atoms with E-state index in [0.29, 0.717) is 0 Å². The monoisotopic (exact) mass is 326 g/mol. The second kappa shape index (κ2) is 4.99. The molecule has 1 fully saturated rings. The number of hydrogen-bond acceptors (Lipinski definition) is 2. The lowest BCUT2D eigenvalue weighted by molar-refractivity contribution is -0.142. The zero-order valence-electron chi connectivity index (χ0n) is 11.2. The molecule has 0 bridgehead atoms. The minimum Gasteiger partial charge on any atom is -0.294 e. The van der Waals surface area contributed by atoms with E-state index in [1.807, 2.05) is 0 Å². The summed E-state index contributed by atoms with van der Waals surface area (Å²) in [6.45, 7) is 0. The Hall–Kier alpha value is -1.54. The first-order valence-electron chi connectivity index (χ1n) is 6.84. The summed E-state index contributed by atoms with van der Waals surface area (Å²) in [5.41, 5.74) is -1.79. The Bertz CT molecular complexity index is 598. The summed E-state index contributed by atoms with van der Waals surface area (Å²) in [5, 5.41) is 3.39. The maximum atomic E-state index is 13.5. The van der Waals surface area contributed by atoms with E-state index in [1.54, 1.807) is 0 Å². The largest absolute Gasteiger partial charge is 0.435 e. The Labute approximate surface area is 121 Å². The Balaban J connectivity index is 2.02. The lowest BCUT2D eigenvalue weighted by Crippen LogP contribution is -2.38. The minimum atomic E-state index is -4.82. The van der Waals surface area contributed by atoms with Gasteiger partial charge in [-0.1, -0.05) is 0 Å². The number of ketones is 1. The number of halogens is 6. The van der Waals surface area contributed by atoms with Crippen LogP contribution in [0.3, 0.4) is 0 Å². The van der Waals surface area contributed by atoms with Crippen molar-refractivity contribution in [1.82, 2.24) is 9.78 Å². The lowest BCUT2D eigenvalue weighted by atomic mass is 9.90. The van der Waals surface area contributed by atoms with Gasteiger partial charge in [0.15, 0.2) is 17.6 Å². The van der Waals surface area contributed by atoms with Gasteiger partial charge in [-0.2, -0.15) is 18.3 Å². The van der Waals surface area contributed by atoms with Gasteiger partial charge in [0.05, 0.1) is 17.3 Å². The third-order valence-corrected chi connectivity index (χ3v) is 4.18. The molecule has 0 aliphatic heterocycles. The first kappa shape index (κ1) is 15.4. The average molecular weight is 326 g/mol. The molecule has 9 heteroatoms. The molecule has 0 saturated heterocycles. The molecule has 2 unspecified atom stereocenters. The highest BCUT2D eigenvalue weighted by molar-refractivity contribution is 6.01. The Kier molecular flexibility index (Phi) is 3.48. The van der Waals surface area contributed by atoms with Gasteiger partial charge in [-0.05, 0) is 6.42 Å². The molecular formula is C13H12F6N2O. The molecule has 3 rings (SSSR count). The maximum Gasteiger partial charge on any atom is 0.435 e. The van der Waals surface area contributed by atoms with E-state index >= 15 is 0 Å². The van der Waals surface area contributed by atoms with Crippen LogP contribution in [0.15, 0.2) is 0 Å². The number of Topliss-reactive ketones (excluding diaryl/α,β-unsaturated/α-hetero) is 1. The third-order valence-electron chi connectivity index (χ3n) is 4.18. The van der Waals surface area contributed by atoms with Crippen LogP contribution in [0, 0.1) is 0 Å². The van der Waals surface area contributed by atoms with Crippen molar-refractivity contribution in [2.45, 2.75) is 56.4 Å². The SMILES string of the molecule is O=C1CCc2c1c(C(F)(F)F)nn2C1C[C@@H](F)C(F)[C@@H](F)C1. The standard InChI is InChI=1S/C13H12F6N2O/c14-6-3-5(4-7(15)11(6)16)21-8-1-2-9(22)10(8)12(20-21)13(17,18)19/h5-7,11H,1-4H2/t5?,6-,7+,11?. The van der Waals surface area contributed by atoms with Crippen LogP contribution in [0.5, 0.6) is 0 Å². The highest BCUT2D eigenvalue weighted by atomic mass is 19.4.